The van der Waals surface area contributed by atoms with Crippen LogP contribution >= 0.6 is 11.5 Å². The third kappa shape index (κ3) is 1.63. The molecule has 1 aromatic heterocycles. The van der Waals surface area contributed by atoms with E-state index in [4.69, 9.17) is 5.11 Å². The highest BCUT2D eigenvalue weighted by Gasteiger charge is 2.65. The van der Waals surface area contributed by atoms with Crippen LogP contribution in [0.3, 0.4) is 0 Å². The molecule has 0 aromatic carbocycles. The number of rotatable bonds is 3. The maximum absolute atomic E-state index is 11.7. The quantitative estimate of drug-likeness (QED) is 0.845. The van der Waals surface area contributed by atoms with Crippen molar-refractivity contribution in [2.75, 3.05) is 0 Å². The van der Waals surface area contributed by atoms with Gasteiger partial charge in [0.15, 0.2) is 0 Å². The Kier molecular flexibility index (Phi) is 2.22. The van der Waals surface area contributed by atoms with Gasteiger partial charge < -0.3 is 10.4 Å². The molecule has 2 aliphatic carbocycles. The Hall–Kier alpha value is -1.43. The molecule has 0 saturated heterocycles. The van der Waals surface area contributed by atoms with Gasteiger partial charge in [0.2, 0.25) is 0 Å². The Balaban J connectivity index is 1.62. The van der Waals surface area contributed by atoms with Crippen molar-refractivity contribution >= 4 is 23.4 Å². The number of carboxylic acid groups (broad SMARTS) is 1. The predicted molar refractivity (Wildman–Crippen MR) is 60.8 cm³/mol. The average molecular weight is 252 g/mol. The van der Waals surface area contributed by atoms with Crippen LogP contribution in [0.2, 0.25) is 0 Å². The number of nitrogens with zero attached hydrogens (tertiary/aromatic N) is 1. The summed E-state index contributed by atoms with van der Waals surface area (Å²) < 4.78 is 3.95. The summed E-state index contributed by atoms with van der Waals surface area (Å²) in [7, 11) is 0. The first-order chi connectivity index (χ1) is 8.12. The molecule has 3 rings (SSSR count). The molecule has 1 aromatic rings. The fourth-order valence-electron chi connectivity index (χ4n) is 2.85. The van der Waals surface area contributed by atoms with Crippen molar-refractivity contribution in [3.8, 4) is 0 Å². The van der Waals surface area contributed by atoms with Crippen molar-refractivity contribution in [2.45, 2.75) is 25.3 Å². The van der Waals surface area contributed by atoms with E-state index < -0.39 is 11.4 Å². The molecule has 0 unspecified atom stereocenters. The van der Waals surface area contributed by atoms with Gasteiger partial charge in [-0.25, -0.2) is 0 Å². The number of carbonyl (C=O) groups excluding carboxylic acids is 1. The number of fused-ring (bicyclic) bond motifs is 1. The van der Waals surface area contributed by atoms with E-state index in [1.807, 2.05) is 0 Å². The first kappa shape index (κ1) is 10.7. The number of aromatic nitrogens is 1. The summed E-state index contributed by atoms with van der Waals surface area (Å²) >= 11 is 1.23. The molecule has 0 aliphatic heterocycles. The van der Waals surface area contributed by atoms with Gasteiger partial charge in [-0.3, -0.25) is 9.59 Å². The molecule has 2 saturated carbocycles. The summed E-state index contributed by atoms with van der Waals surface area (Å²) in [5.74, 6) is -0.660. The zero-order chi connectivity index (χ0) is 12.0. The van der Waals surface area contributed by atoms with Gasteiger partial charge in [-0.2, -0.15) is 4.37 Å². The summed E-state index contributed by atoms with van der Waals surface area (Å²) in [6, 6.07) is 1.65. The van der Waals surface area contributed by atoms with Gasteiger partial charge >= 0.3 is 5.97 Å². The van der Waals surface area contributed by atoms with Crippen LogP contribution in [0.25, 0.3) is 0 Å². The highest BCUT2D eigenvalue weighted by atomic mass is 32.1. The topological polar surface area (TPSA) is 79.3 Å². The van der Waals surface area contributed by atoms with Crippen LogP contribution in [0.1, 0.15) is 29.8 Å². The molecule has 17 heavy (non-hydrogen) atoms. The van der Waals surface area contributed by atoms with Gasteiger partial charge in [0, 0.05) is 11.4 Å². The van der Waals surface area contributed by atoms with Crippen molar-refractivity contribution in [3.63, 3.8) is 0 Å². The van der Waals surface area contributed by atoms with Crippen molar-refractivity contribution in [2.24, 2.45) is 11.3 Å². The van der Waals surface area contributed by atoms with Crippen molar-refractivity contribution < 1.29 is 14.7 Å². The van der Waals surface area contributed by atoms with Crippen molar-refractivity contribution in [3.05, 3.63) is 17.1 Å². The normalized spacial score (nSPS) is 34.1. The summed E-state index contributed by atoms with van der Waals surface area (Å²) in [5.41, 5.74) is -0.125. The van der Waals surface area contributed by atoms with E-state index >= 15 is 0 Å². The average Bonchev–Trinajstić information content (AvgIpc) is 2.72. The number of hydrogen-bond donors (Lipinski definition) is 2. The fraction of sp³-hybridized carbons (Fsp3) is 0.545. The predicted octanol–water partition coefficient (Wildman–Crippen LogP) is 1.13. The van der Waals surface area contributed by atoms with Crippen LogP contribution < -0.4 is 5.32 Å². The molecule has 5 nitrogen and oxygen atoms in total. The lowest BCUT2D eigenvalue weighted by atomic mass is 10.0. The number of aliphatic carboxylic acids is 1. The van der Waals surface area contributed by atoms with Gasteiger partial charge in [0.25, 0.3) is 5.91 Å². The standard InChI is InChI=1S/C11H12N2O3S/c14-9(8-1-2-17-13-8)12-7-3-6-4-11(6,5-7)10(15)16/h1-2,6-7H,3-5H2,(H,12,14)(H,15,16)/t6-,7+,11+/m1/s1. The summed E-state index contributed by atoms with van der Waals surface area (Å²) in [5, 5.41) is 13.7. The van der Waals surface area contributed by atoms with Gasteiger partial charge in [-0.05, 0) is 42.8 Å². The maximum atomic E-state index is 11.7. The zero-order valence-corrected chi connectivity index (χ0v) is 9.87. The molecule has 1 heterocycles. The lowest BCUT2D eigenvalue weighted by Gasteiger charge is -2.14. The Labute approximate surface area is 102 Å². The van der Waals surface area contributed by atoms with E-state index in [2.05, 4.69) is 9.69 Å². The lowest BCUT2D eigenvalue weighted by Crippen LogP contribution is -2.35. The Morgan fingerprint density at radius 1 is 1.53 bits per heavy atom. The molecule has 2 aliphatic rings. The van der Waals surface area contributed by atoms with E-state index in [1.165, 1.54) is 11.5 Å². The van der Waals surface area contributed by atoms with E-state index in [0.717, 1.165) is 12.8 Å². The van der Waals surface area contributed by atoms with Crippen LogP contribution in [-0.4, -0.2) is 27.4 Å². The van der Waals surface area contributed by atoms with Gasteiger partial charge in [0.1, 0.15) is 5.69 Å². The molecule has 2 fully saturated rings. The summed E-state index contributed by atoms with van der Waals surface area (Å²) in [6.45, 7) is 0. The van der Waals surface area contributed by atoms with Crippen LogP contribution in [0.5, 0.6) is 0 Å². The highest BCUT2D eigenvalue weighted by Crippen LogP contribution is 2.63. The second-order valence-corrected chi connectivity index (χ2v) is 5.52. The molecule has 2 N–H and O–H groups in total. The minimum Gasteiger partial charge on any atom is -0.481 e. The molecule has 0 bridgehead atoms. The molecule has 1 amide bonds. The number of amides is 1. The van der Waals surface area contributed by atoms with E-state index in [9.17, 15) is 9.59 Å². The van der Waals surface area contributed by atoms with E-state index in [-0.39, 0.29) is 17.9 Å². The van der Waals surface area contributed by atoms with Gasteiger partial charge in [-0.1, -0.05) is 0 Å². The largest absolute Gasteiger partial charge is 0.481 e. The van der Waals surface area contributed by atoms with Gasteiger partial charge in [0.05, 0.1) is 5.41 Å². The second kappa shape index (κ2) is 3.53. The highest BCUT2D eigenvalue weighted by molar-refractivity contribution is 7.03. The Morgan fingerprint density at radius 2 is 2.35 bits per heavy atom. The molecular weight excluding hydrogens is 240 g/mol. The molecule has 3 atom stereocenters. The van der Waals surface area contributed by atoms with Crippen molar-refractivity contribution in [1.29, 1.82) is 0 Å². The maximum Gasteiger partial charge on any atom is 0.310 e. The van der Waals surface area contributed by atoms with Crippen molar-refractivity contribution in [1.82, 2.24) is 9.69 Å². The Morgan fingerprint density at radius 3 is 2.94 bits per heavy atom. The number of carbonyl (C=O) groups is 2. The minimum atomic E-state index is -0.715. The monoisotopic (exact) mass is 252 g/mol. The second-order valence-electron chi connectivity index (χ2n) is 4.86. The lowest BCUT2D eigenvalue weighted by molar-refractivity contribution is -0.143. The third-order valence-electron chi connectivity index (χ3n) is 3.84. The molecule has 6 heteroatoms. The molecule has 0 spiro atoms. The zero-order valence-electron chi connectivity index (χ0n) is 9.05. The van der Waals surface area contributed by atoms with E-state index in [1.54, 1.807) is 11.4 Å². The molecular formula is C11H12N2O3S. The Bertz CT molecular complexity index is 473. The first-order valence-corrected chi connectivity index (χ1v) is 6.40. The van der Waals surface area contributed by atoms with Gasteiger partial charge in [-0.15, -0.1) is 0 Å². The third-order valence-corrected chi connectivity index (χ3v) is 4.40. The summed E-state index contributed by atoms with van der Waals surface area (Å²) in [4.78, 5) is 22.8. The van der Waals surface area contributed by atoms with Crippen LogP contribution in [0.4, 0.5) is 0 Å². The van der Waals surface area contributed by atoms with E-state index in [0.29, 0.717) is 12.1 Å². The SMILES string of the molecule is O=C(N[C@H]1C[C@@H]2C[C@]2(C(=O)O)C1)c1ccsn1. The molecule has 0 radical (unpaired) electrons. The minimum absolute atomic E-state index is 0.0148. The smallest absolute Gasteiger partial charge is 0.310 e. The fourth-order valence-corrected chi connectivity index (χ4v) is 3.36. The number of carboxylic acids is 1. The number of nitrogens with one attached hydrogen (secondary N) is 1. The van der Waals surface area contributed by atoms with Crippen LogP contribution in [-0.2, 0) is 4.79 Å². The molecule has 90 valence electrons. The number of hydrogen-bond acceptors (Lipinski definition) is 4. The summed E-state index contributed by atoms with van der Waals surface area (Å²) in [6.07, 6.45) is 2.11. The van der Waals surface area contributed by atoms with Crippen LogP contribution in [0, 0.1) is 11.3 Å². The first-order valence-electron chi connectivity index (χ1n) is 5.56. The van der Waals surface area contributed by atoms with Crippen LogP contribution in [0.15, 0.2) is 11.4 Å².